The van der Waals surface area contributed by atoms with Crippen LogP contribution in [-0.4, -0.2) is 135 Å². The lowest BCUT2D eigenvalue weighted by Gasteiger charge is -2.48. The summed E-state index contributed by atoms with van der Waals surface area (Å²) < 4.78 is 37.1. The second-order valence-electron chi connectivity index (χ2n) is 16.1. The molecule has 57 heavy (non-hydrogen) atoms. The number of carboxylic acid groups (broad SMARTS) is 1. The number of aliphatic carboxylic acids is 1. The van der Waals surface area contributed by atoms with Gasteiger partial charge in [-0.25, -0.2) is 9.59 Å². The molecule has 4 fully saturated rings. The molecule has 0 aromatic heterocycles. The smallest absolute Gasteiger partial charge is 0.338 e. The van der Waals surface area contributed by atoms with E-state index in [2.05, 4.69) is 5.92 Å². The van der Waals surface area contributed by atoms with Crippen molar-refractivity contribution in [2.75, 3.05) is 6.61 Å². The number of terminal acetylenes is 1. The first-order chi connectivity index (χ1) is 27.3. The third-order valence-electron chi connectivity index (χ3n) is 11.9. The first-order valence-corrected chi connectivity index (χ1v) is 20.4. The van der Waals surface area contributed by atoms with Crippen LogP contribution >= 0.6 is 0 Å². The molecule has 1 aromatic carbocycles. The molecule has 6 N–H and O–H groups in total. The van der Waals surface area contributed by atoms with Gasteiger partial charge >= 0.3 is 11.9 Å². The Morgan fingerprint density at radius 3 is 2.25 bits per heavy atom. The second kappa shape index (κ2) is 21.3. The van der Waals surface area contributed by atoms with Gasteiger partial charge in [0.25, 0.3) is 0 Å². The number of benzene rings is 1. The number of hydrogen-bond acceptors (Lipinski definition) is 14. The number of aliphatic hydroxyl groups excluding tert-OH is 5. The summed E-state index contributed by atoms with van der Waals surface area (Å²) in [6.45, 7) is 2.61. The Labute approximate surface area is 333 Å². The minimum absolute atomic E-state index is 0.0273. The summed E-state index contributed by atoms with van der Waals surface area (Å²) in [7, 11) is 0. The van der Waals surface area contributed by atoms with Crippen LogP contribution in [0, 0.1) is 30.1 Å². The maximum Gasteiger partial charge on any atom is 0.338 e. The van der Waals surface area contributed by atoms with Gasteiger partial charge in [0.1, 0.15) is 42.4 Å². The van der Waals surface area contributed by atoms with E-state index in [4.69, 9.17) is 34.8 Å². The fraction of sp³-hybridized carbons (Fsp3) is 0.738. The largest absolute Gasteiger partial charge is 0.479 e. The van der Waals surface area contributed by atoms with Crippen molar-refractivity contribution in [2.24, 2.45) is 17.8 Å². The van der Waals surface area contributed by atoms with Crippen LogP contribution in [0.25, 0.3) is 0 Å². The van der Waals surface area contributed by atoms with Gasteiger partial charge in [0, 0.05) is 18.8 Å². The standard InChI is InChI=1S/C42H60O15/c1-4-5-6-13-18-28(44)27-19-23(2)36(57-41-35(48)34(47)32(45)24(3)52-41)29(21-27)54-42-38(56-40(51)26-16-11-8-12-17-26)37(33(46)31(22-43)55-42)53-30(39(49)50)20-25-14-9-7-10-15-25/h1,8,11-12,16-17,23-25,27,29-38,41-43,45-48H,5-7,9-10,13-15,18-22H2,2-3H3,(H,49,50)/t23?,24?,27?,29-,30+,31+,32-,33+,34+,35?,36-,37?,38?,41+,42-/m1/s1. The van der Waals surface area contributed by atoms with E-state index in [0.717, 1.165) is 32.1 Å². The average molecular weight is 805 g/mol. The molecule has 2 aliphatic carbocycles. The number of unbranched alkanes of at least 4 members (excludes halogenated alkanes) is 2. The van der Waals surface area contributed by atoms with Crippen LogP contribution in [0.3, 0.4) is 0 Å². The molecule has 1 aromatic rings. The molecule has 2 aliphatic heterocycles. The van der Waals surface area contributed by atoms with Crippen LogP contribution in [0.4, 0.5) is 0 Å². The van der Waals surface area contributed by atoms with Crippen LogP contribution < -0.4 is 0 Å². The van der Waals surface area contributed by atoms with E-state index in [9.17, 15) is 45.0 Å². The summed E-state index contributed by atoms with van der Waals surface area (Å²) >= 11 is 0. The third-order valence-corrected chi connectivity index (χ3v) is 11.9. The van der Waals surface area contributed by atoms with Gasteiger partial charge in [-0.2, -0.15) is 0 Å². The van der Waals surface area contributed by atoms with E-state index >= 15 is 0 Å². The molecule has 2 saturated heterocycles. The Hall–Kier alpha value is -3.01. The lowest BCUT2D eigenvalue weighted by molar-refractivity contribution is -0.349. The Bertz CT molecular complexity index is 1480. The zero-order chi connectivity index (χ0) is 41.2. The lowest BCUT2D eigenvalue weighted by atomic mass is 9.75. The van der Waals surface area contributed by atoms with E-state index in [-0.39, 0.29) is 36.5 Å². The molecule has 0 bridgehead atoms. The first-order valence-electron chi connectivity index (χ1n) is 20.4. The van der Waals surface area contributed by atoms with Gasteiger partial charge in [-0.3, -0.25) is 4.79 Å². The Morgan fingerprint density at radius 2 is 1.58 bits per heavy atom. The monoisotopic (exact) mass is 804 g/mol. The number of carbonyl (C=O) groups is 3. The zero-order valence-electron chi connectivity index (χ0n) is 32.8. The lowest BCUT2D eigenvalue weighted by Crippen LogP contribution is -2.64. The highest BCUT2D eigenvalue weighted by Crippen LogP contribution is 2.40. The quantitative estimate of drug-likeness (QED) is 0.0756. The molecule has 318 valence electrons. The summed E-state index contributed by atoms with van der Waals surface area (Å²) in [6, 6.07) is 8.00. The summed E-state index contributed by atoms with van der Waals surface area (Å²) in [6.07, 6.45) is -5.42. The molecule has 15 atom stereocenters. The number of esters is 1. The van der Waals surface area contributed by atoms with Gasteiger partial charge in [-0.05, 0) is 63.0 Å². The zero-order valence-corrected chi connectivity index (χ0v) is 32.8. The average Bonchev–Trinajstić information content (AvgIpc) is 3.20. The summed E-state index contributed by atoms with van der Waals surface area (Å²) in [5.41, 5.74) is 0.145. The predicted octanol–water partition coefficient (Wildman–Crippen LogP) is 2.51. The van der Waals surface area contributed by atoms with Gasteiger partial charge in [0.15, 0.2) is 24.8 Å². The van der Waals surface area contributed by atoms with E-state index in [0.29, 0.717) is 25.7 Å². The van der Waals surface area contributed by atoms with Crippen LogP contribution in [0.15, 0.2) is 30.3 Å². The fourth-order valence-electron chi connectivity index (χ4n) is 8.59. The van der Waals surface area contributed by atoms with Gasteiger partial charge in [0.2, 0.25) is 0 Å². The molecule has 6 unspecified atom stereocenters. The molecule has 15 heteroatoms. The highest BCUT2D eigenvalue weighted by molar-refractivity contribution is 5.89. The van der Waals surface area contributed by atoms with Crippen molar-refractivity contribution in [3.05, 3.63) is 35.9 Å². The topological polar surface area (TPSA) is 228 Å². The number of carboxylic acids is 1. The number of ketones is 1. The summed E-state index contributed by atoms with van der Waals surface area (Å²) in [5, 5.41) is 64.1. The Morgan fingerprint density at radius 1 is 0.860 bits per heavy atom. The molecule has 4 aliphatic rings. The van der Waals surface area contributed by atoms with E-state index < -0.39 is 110 Å². The van der Waals surface area contributed by atoms with Crippen LogP contribution in [0.1, 0.15) is 101 Å². The van der Waals surface area contributed by atoms with Crippen molar-refractivity contribution in [3.63, 3.8) is 0 Å². The summed E-state index contributed by atoms with van der Waals surface area (Å²) in [5.74, 6) is -0.447. The van der Waals surface area contributed by atoms with Crippen LogP contribution in [0.5, 0.6) is 0 Å². The molecule has 2 heterocycles. The van der Waals surface area contributed by atoms with Crippen molar-refractivity contribution in [2.45, 2.75) is 171 Å². The van der Waals surface area contributed by atoms with Gasteiger partial charge in [0.05, 0.1) is 30.5 Å². The van der Waals surface area contributed by atoms with Gasteiger partial charge < -0.3 is 59.1 Å². The Balaban J connectivity index is 1.48. The third kappa shape index (κ3) is 11.6. The van der Waals surface area contributed by atoms with E-state index in [1.807, 2.05) is 6.92 Å². The SMILES string of the molecule is C#CCCCCC(=O)C1CC(C)[C@@H](O[C@@H]2OC(C)[C@@H](O)[C@H](O)C2O)[C@H](O[C@@H]2O[C@@H](CO)[C@H](O)C(O[C@@H](CC3CCCCC3)C(=O)O)C2OC(=O)c2ccccc2)C1. The fourth-order valence-corrected chi connectivity index (χ4v) is 8.59. The van der Waals surface area contributed by atoms with Crippen molar-refractivity contribution >= 4 is 17.7 Å². The highest BCUT2D eigenvalue weighted by atomic mass is 16.7. The normalized spacial score (nSPS) is 36.8. The molecule has 0 spiro atoms. The number of aliphatic hydroxyl groups is 5. The van der Waals surface area contributed by atoms with Gasteiger partial charge in [-0.15, -0.1) is 12.3 Å². The van der Waals surface area contributed by atoms with Crippen LogP contribution in [-0.2, 0) is 38.0 Å². The van der Waals surface area contributed by atoms with E-state index in [1.54, 1.807) is 18.2 Å². The molecule has 5 rings (SSSR count). The number of carbonyl (C=O) groups excluding carboxylic acids is 2. The summed E-state index contributed by atoms with van der Waals surface area (Å²) in [4.78, 5) is 40.0. The first kappa shape index (κ1) is 45.1. The molecule has 15 nitrogen and oxygen atoms in total. The Kier molecular flexibility index (Phi) is 16.9. The number of rotatable bonds is 17. The minimum atomic E-state index is -1.66. The van der Waals surface area contributed by atoms with Crippen molar-refractivity contribution in [3.8, 4) is 12.3 Å². The van der Waals surface area contributed by atoms with Crippen LogP contribution in [0.2, 0.25) is 0 Å². The van der Waals surface area contributed by atoms with Crippen molar-refractivity contribution in [1.82, 2.24) is 0 Å². The van der Waals surface area contributed by atoms with Crippen molar-refractivity contribution < 1.29 is 73.4 Å². The number of Topliss-reactive ketones (excluding diaryl/α,β-unsaturated/α-hetero) is 1. The number of ether oxygens (including phenoxy) is 6. The molecular formula is C42H60O15. The molecule has 2 saturated carbocycles. The van der Waals surface area contributed by atoms with Crippen molar-refractivity contribution in [1.29, 1.82) is 0 Å². The highest BCUT2D eigenvalue weighted by Gasteiger charge is 2.53. The van der Waals surface area contributed by atoms with E-state index in [1.165, 1.54) is 19.1 Å². The minimum Gasteiger partial charge on any atom is -0.479 e. The molecular weight excluding hydrogens is 744 g/mol. The maximum absolute atomic E-state index is 13.7. The molecule has 0 radical (unpaired) electrons. The van der Waals surface area contributed by atoms with Gasteiger partial charge in [-0.1, -0.05) is 57.2 Å². The number of hydrogen-bond donors (Lipinski definition) is 6. The predicted molar refractivity (Wildman–Crippen MR) is 201 cm³/mol. The maximum atomic E-state index is 13.7. The second-order valence-corrected chi connectivity index (χ2v) is 16.1. The molecule has 0 amide bonds.